The quantitative estimate of drug-likeness (QED) is 0.917. The fourth-order valence-electron chi connectivity index (χ4n) is 2.94. The molecule has 0 saturated carbocycles. The number of benzene rings is 2. The number of para-hydroxylation sites is 1. The van der Waals surface area contributed by atoms with Gasteiger partial charge in [-0.05, 0) is 50.5 Å². The first-order chi connectivity index (χ1) is 11.4. The lowest BCUT2D eigenvalue weighted by Crippen LogP contribution is -2.42. The van der Waals surface area contributed by atoms with Gasteiger partial charge in [-0.2, -0.15) is 0 Å². The fraction of sp³-hybridized carbons (Fsp3) is 0.350. The van der Waals surface area contributed by atoms with Gasteiger partial charge >= 0.3 is 6.09 Å². The first-order valence-corrected chi connectivity index (χ1v) is 8.21. The molecule has 24 heavy (non-hydrogen) atoms. The van der Waals surface area contributed by atoms with Crippen LogP contribution in [-0.2, 0) is 11.2 Å². The molecule has 2 atom stereocenters. The Labute approximate surface area is 142 Å². The van der Waals surface area contributed by atoms with Crippen molar-refractivity contribution in [2.45, 2.75) is 44.9 Å². The summed E-state index contributed by atoms with van der Waals surface area (Å²) in [5, 5.41) is 2.97. The van der Waals surface area contributed by atoms with E-state index in [9.17, 15) is 4.79 Å². The molecule has 0 heterocycles. The van der Waals surface area contributed by atoms with Crippen LogP contribution in [0, 0.1) is 0 Å². The summed E-state index contributed by atoms with van der Waals surface area (Å²) in [6, 6.07) is 17.6. The molecule has 1 amide bonds. The topological polar surface area (TPSA) is 47.6 Å². The second-order valence-electron chi connectivity index (χ2n) is 7.01. The number of carbonyl (C=O) groups excluding carboxylic acids is 1. The summed E-state index contributed by atoms with van der Waals surface area (Å²) >= 11 is 0. The molecule has 0 radical (unpaired) electrons. The van der Waals surface area contributed by atoms with Crippen LogP contribution in [0.1, 0.15) is 38.0 Å². The number of alkyl carbamates (subject to hydrolysis) is 1. The summed E-state index contributed by atoms with van der Waals surface area (Å²) in [5.74, 6) is 0.787. The second-order valence-corrected chi connectivity index (χ2v) is 7.01. The van der Waals surface area contributed by atoms with E-state index >= 15 is 0 Å². The van der Waals surface area contributed by atoms with E-state index in [1.807, 2.05) is 63.2 Å². The normalized spacial score (nSPS) is 19.5. The van der Waals surface area contributed by atoms with Crippen molar-refractivity contribution in [1.82, 2.24) is 5.32 Å². The van der Waals surface area contributed by atoms with Crippen LogP contribution in [0.25, 0.3) is 0 Å². The Hall–Kier alpha value is -2.49. The van der Waals surface area contributed by atoms with E-state index < -0.39 is 11.7 Å². The lowest BCUT2D eigenvalue weighted by molar-refractivity contribution is 0.0456. The number of hydrogen-bond donors (Lipinski definition) is 1. The molecule has 0 spiro atoms. The standard InChI is InChI=1S/C20H23NO3/c1-20(2,3)24-19(22)21-17-13-14-9-7-8-12-16(14)18(17)23-15-10-5-4-6-11-15/h4-12,17-18H,13H2,1-3H3,(H,21,22)/t17-,18+/m0/s1. The van der Waals surface area contributed by atoms with Gasteiger partial charge in [-0.25, -0.2) is 4.79 Å². The van der Waals surface area contributed by atoms with E-state index in [1.54, 1.807) is 0 Å². The lowest BCUT2D eigenvalue weighted by Gasteiger charge is -2.25. The SMILES string of the molecule is CC(C)(C)OC(=O)N[C@H]1Cc2ccccc2[C@H]1Oc1ccccc1. The van der Waals surface area contributed by atoms with E-state index in [0.29, 0.717) is 0 Å². The minimum Gasteiger partial charge on any atom is -0.484 e. The molecule has 1 aliphatic rings. The number of carbonyl (C=O) groups is 1. The molecule has 0 unspecified atom stereocenters. The van der Waals surface area contributed by atoms with Crippen LogP contribution in [-0.4, -0.2) is 17.7 Å². The van der Waals surface area contributed by atoms with Gasteiger partial charge in [0.25, 0.3) is 0 Å². The van der Waals surface area contributed by atoms with Gasteiger partial charge in [0.05, 0.1) is 6.04 Å². The Morgan fingerprint density at radius 2 is 1.71 bits per heavy atom. The Kier molecular flexibility index (Phi) is 4.47. The zero-order valence-electron chi connectivity index (χ0n) is 14.3. The smallest absolute Gasteiger partial charge is 0.408 e. The summed E-state index contributed by atoms with van der Waals surface area (Å²) in [4.78, 5) is 12.2. The molecule has 0 aliphatic heterocycles. The predicted molar refractivity (Wildman–Crippen MR) is 93.1 cm³/mol. The van der Waals surface area contributed by atoms with Crippen LogP contribution >= 0.6 is 0 Å². The number of amides is 1. The van der Waals surface area contributed by atoms with E-state index in [2.05, 4.69) is 17.4 Å². The minimum atomic E-state index is -0.522. The summed E-state index contributed by atoms with van der Waals surface area (Å²) in [7, 11) is 0. The first kappa shape index (κ1) is 16.4. The van der Waals surface area contributed by atoms with E-state index in [4.69, 9.17) is 9.47 Å². The van der Waals surface area contributed by atoms with Gasteiger partial charge in [0.15, 0.2) is 0 Å². The molecule has 0 saturated heterocycles. The fourth-order valence-corrected chi connectivity index (χ4v) is 2.94. The molecule has 1 aliphatic carbocycles. The summed E-state index contributed by atoms with van der Waals surface area (Å²) in [6.45, 7) is 5.57. The maximum Gasteiger partial charge on any atom is 0.408 e. The lowest BCUT2D eigenvalue weighted by atomic mass is 10.1. The molecule has 4 nitrogen and oxygen atoms in total. The van der Waals surface area contributed by atoms with E-state index in [0.717, 1.165) is 17.7 Å². The second kappa shape index (κ2) is 6.56. The minimum absolute atomic E-state index is 0.155. The number of fused-ring (bicyclic) bond motifs is 1. The highest BCUT2D eigenvalue weighted by Crippen LogP contribution is 2.35. The highest BCUT2D eigenvalue weighted by Gasteiger charge is 2.36. The van der Waals surface area contributed by atoms with E-state index in [1.165, 1.54) is 5.56 Å². The monoisotopic (exact) mass is 325 g/mol. The number of hydrogen-bond acceptors (Lipinski definition) is 3. The summed E-state index contributed by atoms with van der Waals surface area (Å²) in [5.41, 5.74) is 1.78. The molecule has 0 aromatic heterocycles. The molecule has 4 heteroatoms. The van der Waals surface area contributed by atoms with Gasteiger partial charge in [0.1, 0.15) is 17.5 Å². The van der Waals surface area contributed by atoms with E-state index in [-0.39, 0.29) is 12.1 Å². The van der Waals surface area contributed by atoms with Crippen molar-refractivity contribution in [3.63, 3.8) is 0 Å². The maximum atomic E-state index is 12.2. The van der Waals surface area contributed by atoms with Crippen LogP contribution in [0.15, 0.2) is 54.6 Å². The van der Waals surface area contributed by atoms with Gasteiger partial charge in [-0.3, -0.25) is 0 Å². The van der Waals surface area contributed by atoms with Gasteiger partial charge in [0.2, 0.25) is 0 Å². The molecule has 126 valence electrons. The van der Waals surface area contributed by atoms with Gasteiger partial charge < -0.3 is 14.8 Å². The van der Waals surface area contributed by atoms with Crippen LogP contribution < -0.4 is 10.1 Å². The molecule has 0 bridgehead atoms. The predicted octanol–water partition coefficient (Wildman–Crippen LogP) is 4.26. The molecule has 3 rings (SSSR count). The van der Waals surface area contributed by atoms with Crippen LogP contribution in [0.4, 0.5) is 4.79 Å². The number of rotatable bonds is 3. The van der Waals surface area contributed by atoms with Crippen molar-refractivity contribution < 1.29 is 14.3 Å². The molecular weight excluding hydrogens is 302 g/mol. The molecule has 1 N–H and O–H groups in total. The van der Waals surface area contributed by atoms with Crippen molar-refractivity contribution >= 4 is 6.09 Å². The highest BCUT2D eigenvalue weighted by molar-refractivity contribution is 5.68. The zero-order valence-corrected chi connectivity index (χ0v) is 14.3. The molecular formula is C20H23NO3. The van der Waals surface area contributed by atoms with Crippen molar-refractivity contribution in [3.05, 3.63) is 65.7 Å². The largest absolute Gasteiger partial charge is 0.484 e. The Morgan fingerprint density at radius 1 is 1.04 bits per heavy atom. The van der Waals surface area contributed by atoms with Crippen LogP contribution in [0.5, 0.6) is 5.75 Å². The first-order valence-electron chi connectivity index (χ1n) is 8.21. The Bertz CT molecular complexity index is 706. The number of nitrogens with one attached hydrogen (secondary N) is 1. The van der Waals surface area contributed by atoms with Crippen molar-refractivity contribution in [2.75, 3.05) is 0 Å². The highest BCUT2D eigenvalue weighted by atomic mass is 16.6. The maximum absolute atomic E-state index is 12.2. The average molecular weight is 325 g/mol. The third kappa shape index (κ3) is 3.88. The summed E-state index contributed by atoms with van der Waals surface area (Å²) < 4.78 is 11.6. The molecule has 2 aromatic rings. The third-order valence-electron chi connectivity index (χ3n) is 3.88. The zero-order chi connectivity index (χ0) is 17.2. The van der Waals surface area contributed by atoms with Gasteiger partial charge in [0, 0.05) is 0 Å². The number of ether oxygens (including phenoxy) is 2. The third-order valence-corrected chi connectivity index (χ3v) is 3.88. The Balaban J connectivity index is 1.79. The van der Waals surface area contributed by atoms with Crippen molar-refractivity contribution in [2.24, 2.45) is 0 Å². The Morgan fingerprint density at radius 3 is 2.42 bits per heavy atom. The van der Waals surface area contributed by atoms with Gasteiger partial charge in [-0.1, -0.05) is 42.5 Å². The van der Waals surface area contributed by atoms with Gasteiger partial charge in [-0.15, -0.1) is 0 Å². The molecule has 0 fully saturated rings. The van der Waals surface area contributed by atoms with Crippen LogP contribution in [0.3, 0.4) is 0 Å². The van der Waals surface area contributed by atoms with Crippen molar-refractivity contribution in [3.8, 4) is 5.75 Å². The molecule has 2 aromatic carbocycles. The summed E-state index contributed by atoms with van der Waals surface area (Å²) in [6.07, 6.45) is 0.0884. The average Bonchev–Trinajstić information content (AvgIpc) is 2.84. The van der Waals surface area contributed by atoms with Crippen LogP contribution in [0.2, 0.25) is 0 Å². The van der Waals surface area contributed by atoms with Crippen molar-refractivity contribution in [1.29, 1.82) is 0 Å².